The third kappa shape index (κ3) is 4.08. The summed E-state index contributed by atoms with van der Waals surface area (Å²) in [5, 5.41) is 12.8. The zero-order chi connectivity index (χ0) is 14.4. The zero-order valence-corrected chi connectivity index (χ0v) is 11.0. The second kappa shape index (κ2) is 6.70. The smallest absolute Gasteiger partial charge is 0.124 e. The molecule has 6 N–H and O–H groups in total. The molecule has 0 saturated carbocycles. The van der Waals surface area contributed by atoms with Gasteiger partial charge in [0, 0.05) is 18.4 Å². The first kappa shape index (κ1) is 14.0. The monoisotopic (exact) mass is 270 g/mol. The summed E-state index contributed by atoms with van der Waals surface area (Å²) in [6.07, 6.45) is 4.31. The normalized spacial score (nSPS) is 12.7. The predicted molar refractivity (Wildman–Crippen MR) is 81.4 cm³/mol. The number of benzene rings is 1. The summed E-state index contributed by atoms with van der Waals surface area (Å²) in [6, 6.07) is 11.1. The molecule has 1 aromatic carbocycles. The third-order valence-corrected chi connectivity index (χ3v) is 2.84. The number of para-hydroxylation sites is 1. The molecule has 2 rings (SSSR count). The van der Waals surface area contributed by atoms with Crippen LogP contribution in [0.15, 0.2) is 48.7 Å². The Hall–Kier alpha value is -2.37. The number of anilines is 2. The van der Waals surface area contributed by atoms with Gasteiger partial charge in [0.2, 0.25) is 0 Å². The number of aliphatic hydroxyl groups is 1. The van der Waals surface area contributed by atoms with E-state index in [9.17, 15) is 5.11 Å². The van der Waals surface area contributed by atoms with E-state index in [-0.39, 0.29) is 0 Å². The van der Waals surface area contributed by atoms with E-state index < -0.39 is 6.23 Å². The van der Waals surface area contributed by atoms with Crippen molar-refractivity contribution in [3.63, 3.8) is 0 Å². The summed E-state index contributed by atoms with van der Waals surface area (Å²) < 4.78 is 0. The molecule has 0 bridgehead atoms. The van der Waals surface area contributed by atoms with Crippen molar-refractivity contribution < 1.29 is 5.11 Å². The van der Waals surface area contributed by atoms with E-state index in [1.165, 1.54) is 0 Å². The predicted octanol–water partition coefficient (Wildman–Crippen LogP) is 1.37. The maximum atomic E-state index is 9.83. The van der Waals surface area contributed by atoms with Crippen molar-refractivity contribution in [1.29, 1.82) is 0 Å². The number of rotatable bonds is 5. The Balaban J connectivity index is 1.88. The van der Waals surface area contributed by atoms with Gasteiger partial charge in [-0.1, -0.05) is 24.3 Å². The number of nitrogen functional groups attached to an aromatic ring is 2. The van der Waals surface area contributed by atoms with Crippen LogP contribution in [0, 0.1) is 0 Å². The molecule has 1 heterocycles. The lowest BCUT2D eigenvalue weighted by atomic mass is 10.2. The van der Waals surface area contributed by atoms with Crippen LogP contribution in [0.3, 0.4) is 0 Å². The summed E-state index contributed by atoms with van der Waals surface area (Å²) in [6.45, 7) is 0.498. The van der Waals surface area contributed by atoms with Gasteiger partial charge in [0.1, 0.15) is 12.0 Å². The van der Waals surface area contributed by atoms with Gasteiger partial charge in [0.25, 0.3) is 0 Å². The zero-order valence-electron chi connectivity index (χ0n) is 11.0. The largest absolute Gasteiger partial charge is 0.398 e. The molecule has 0 aliphatic rings. The van der Waals surface area contributed by atoms with Crippen molar-refractivity contribution >= 4 is 17.6 Å². The molecule has 0 spiro atoms. The molecule has 5 heteroatoms. The van der Waals surface area contributed by atoms with Crippen LogP contribution in [0.1, 0.15) is 11.1 Å². The quantitative estimate of drug-likeness (QED) is 0.486. The Labute approximate surface area is 118 Å². The fourth-order valence-corrected chi connectivity index (χ4v) is 1.70. The summed E-state index contributed by atoms with van der Waals surface area (Å²) in [7, 11) is 0. The Bertz CT molecular complexity index is 581. The molecule has 20 heavy (non-hydrogen) atoms. The topological polar surface area (TPSA) is 97.2 Å². The van der Waals surface area contributed by atoms with Crippen LogP contribution in [0.25, 0.3) is 6.08 Å². The van der Waals surface area contributed by atoms with Crippen LogP contribution >= 0.6 is 0 Å². The second-order valence-electron chi connectivity index (χ2n) is 4.40. The molecule has 0 radical (unpaired) electrons. The lowest BCUT2D eigenvalue weighted by molar-refractivity contribution is 0.183. The number of pyridine rings is 1. The van der Waals surface area contributed by atoms with Gasteiger partial charge in [0.15, 0.2) is 0 Å². The van der Waals surface area contributed by atoms with Gasteiger partial charge in [-0.15, -0.1) is 0 Å². The average molecular weight is 270 g/mol. The molecule has 1 unspecified atom stereocenters. The highest BCUT2D eigenvalue weighted by Gasteiger charge is 2.01. The number of hydrogen-bond acceptors (Lipinski definition) is 5. The van der Waals surface area contributed by atoms with Crippen molar-refractivity contribution in [2.24, 2.45) is 0 Å². The Morgan fingerprint density at radius 3 is 2.70 bits per heavy atom. The number of nitrogens with one attached hydrogen (secondary N) is 1. The molecule has 2 aromatic rings. The molecule has 1 atom stereocenters. The van der Waals surface area contributed by atoms with E-state index >= 15 is 0 Å². The molecule has 0 aliphatic carbocycles. The van der Waals surface area contributed by atoms with Crippen LogP contribution in [0.2, 0.25) is 0 Å². The minimum atomic E-state index is -0.757. The van der Waals surface area contributed by atoms with E-state index in [4.69, 9.17) is 11.5 Å². The lowest BCUT2D eigenvalue weighted by Crippen LogP contribution is -2.26. The van der Waals surface area contributed by atoms with Gasteiger partial charge in [-0.2, -0.15) is 0 Å². The highest BCUT2D eigenvalue weighted by atomic mass is 16.3. The molecule has 104 valence electrons. The van der Waals surface area contributed by atoms with Gasteiger partial charge in [0.05, 0.1) is 0 Å². The molecule has 0 saturated heterocycles. The highest BCUT2D eigenvalue weighted by molar-refractivity contribution is 5.50. The molecule has 5 nitrogen and oxygen atoms in total. The minimum Gasteiger partial charge on any atom is -0.398 e. The fraction of sp³-hybridized carbons (Fsp3) is 0.133. The van der Waals surface area contributed by atoms with Gasteiger partial charge in [-0.3, -0.25) is 5.32 Å². The van der Waals surface area contributed by atoms with Crippen LogP contribution in [0.4, 0.5) is 11.5 Å². The van der Waals surface area contributed by atoms with Crippen LogP contribution in [-0.2, 0) is 6.54 Å². The van der Waals surface area contributed by atoms with Crippen LogP contribution in [0.5, 0.6) is 0 Å². The third-order valence-electron chi connectivity index (χ3n) is 2.84. The van der Waals surface area contributed by atoms with Crippen molar-refractivity contribution in [1.82, 2.24) is 10.3 Å². The molecular weight excluding hydrogens is 252 g/mol. The van der Waals surface area contributed by atoms with Gasteiger partial charge < -0.3 is 16.6 Å². The second-order valence-corrected chi connectivity index (χ2v) is 4.40. The molecular formula is C15H18N4O. The van der Waals surface area contributed by atoms with Crippen LogP contribution < -0.4 is 16.8 Å². The summed E-state index contributed by atoms with van der Waals surface area (Å²) in [5.74, 6) is 0.473. The van der Waals surface area contributed by atoms with Crippen molar-refractivity contribution in [2.45, 2.75) is 12.8 Å². The van der Waals surface area contributed by atoms with Crippen molar-refractivity contribution in [3.8, 4) is 0 Å². The highest BCUT2D eigenvalue weighted by Crippen LogP contribution is 2.10. The van der Waals surface area contributed by atoms with Gasteiger partial charge in [-0.25, -0.2) is 4.98 Å². The first-order valence-corrected chi connectivity index (χ1v) is 6.30. The van der Waals surface area contributed by atoms with E-state index in [1.807, 2.05) is 30.3 Å². The van der Waals surface area contributed by atoms with E-state index in [2.05, 4.69) is 10.3 Å². The average Bonchev–Trinajstić information content (AvgIpc) is 2.46. The number of aliphatic hydroxyl groups excluding tert-OH is 1. The Morgan fingerprint density at radius 2 is 2.00 bits per heavy atom. The van der Waals surface area contributed by atoms with E-state index in [1.54, 1.807) is 24.4 Å². The van der Waals surface area contributed by atoms with Gasteiger partial charge >= 0.3 is 0 Å². The van der Waals surface area contributed by atoms with Crippen molar-refractivity contribution in [3.05, 3.63) is 59.8 Å². The number of nitrogens with zero attached hydrogens (tertiary/aromatic N) is 1. The molecule has 1 aromatic heterocycles. The summed E-state index contributed by atoms with van der Waals surface area (Å²) in [5.41, 5.74) is 13.9. The summed E-state index contributed by atoms with van der Waals surface area (Å²) >= 11 is 0. The Morgan fingerprint density at radius 1 is 1.20 bits per heavy atom. The first-order valence-electron chi connectivity index (χ1n) is 6.30. The lowest BCUT2D eigenvalue weighted by Gasteiger charge is -2.10. The number of hydrogen-bond donors (Lipinski definition) is 4. The van der Waals surface area contributed by atoms with Crippen LogP contribution in [-0.4, -0.2) is 16.3 Å². The Kier molecular flexibility index (Phi) is 4.70. The standard InChI is InChI=1S/C15H18N4O/c16-13-4-2-1-3-12(13)10-19-15(20)8-6-11-5-7-14(17)18-9-11/h1-9,15,19-20H,10,16H2,(H2,17,18)/b8-6+. The maximum absolute atomic E-state index is 9.83. The summed E-state index contributed by atoms with van der Waals surface area (Å²) in [4.78, 5) is 3.97. The van der Waals surface area contributed by atoms with E-state index in [0.717, 1.165) is 11.1 Å². The van der Waals surface area contributed by atoms with Crippen molar-refractivity contribution in [2.75, 3.05) is 11.5 Å². The first-order chi connectivity index (χ1) is 9.65. The molecule has 0 aliphatic heterocycles. The van der Waals surface area contributed by atoms with Gasteiger partial charge in [-0.05, 0) is 35.4 Å². The number of aromatic nitrogens is 1. The fourth-order valence-electron chi connectivity index (χ4n) is 1.70. The maximum Gasteiger partial charge on any atom is 0.124 e. The number of nitrogens with two attached hydrogens (primary N) is 2. The molecule has 0 amide bonds. The SMILES string of the molecule is Nc1ccc(/C=C/C(O)NCc2ccccc2N)cn1. The molecule has 0 fully saturated rings. The minimum absolute atomic E-state index is 0.473. The van der Waals surface area contributed by atoms with E-state index in [0.29, 0.717) is 18.1 Å².